The molecule has 0 spiro atoms. The SMILES string of the molecule is COc1cccc(CNC(=O)C[C@@H]2C[C@@H]3CC[C@@H]2C3)c1. The molecule has 108 valence electrons. The summed E-state index contributed by atoms with van der Waals surface area (Å²) in [6.07, 6.45) is 6.10. The van der Waals surface area contributed by atoms with Gasteiger partial charge in [0.15, 0.2) is 0 Å². The number of benzene rings is 1. The Morgan fingerprint density at radius 3 is 2.95 bits per heavy atom. The molecule has 0 saturated heterocycles. The molecule has 2 fully saturated rings. The number of hydrogen-bond donors (Lipinski definition) is 1. The van der Waals surface area contributed by atoms with Crippen LogP contribution in [-0.2, 0) is 11.3 Å². The molecule has 3 atom stereocenters. The second-order valence-corrected chi connectivity index (χ2v) is 6.27. The van der Waals surface area contributed by atoms with Crippen molar-refractivity contribution in [2.75, 3.05) is 7.11 Å². The minimum absolute atomic E-state index is 0.199. The Morgan fingerprint density at radius 2 is 2.25 bits per heavy atom. The fourth-order valence-electron chi connectivity index (χ4n) is 3.92. The molecule has 3 heteroatoms. The van der Waals surface area contributed by atoms with E-state index < -0.39 is 0 Å². The predicted molar refractivity (Wildman–Crippen MR) is 78.4 cm³/mol. The maximum atomic E-state index is 12.1. The second-order valence-electron chi connectivity index (χ2n) is 6.27. The molecule has 2 saturated carbocycles. The average molecular weight is 273 g/mol. The van der Waals surface area contributed by atoms with Crippen LogP contribution in [0.1, 0.15) is 37.7 Å². The summed E-state index contributed by atoms with van der Waals surface area (Å²) in [5.41, 5.74) is 1.09. The highest BCUT2D eigenvalue weighted by Gasteiger charge is 2.39. The van der Waals surface area contributed by atoms with Gasteiger partial charge in [0.05, 0.1) is 7.11 Å². The molecule has 1 aromatic rings. The van der Waals surface area contributed by atoms with Crippen molar-refractivity contribution in [2.45, 2.75) is 38.6 Å². The van der Waals surface area contributed by atoms with E-state index >= 15 is 0 Å². The molecule has 0 heterocycles. The van der Waals surface area contributed by atoms with Crippen molar-refractivity contribution >= 4 is 5.91 Å². The van der Waals surface area contributed by atoms with Gasteiger partial charge in [-0.25, -0.2) is 0 Å². The highest BCUT2D eigenvalue weighted by atomic mass is 16.5. The fourth-order valence-corrected chi connectivity index (χ4v) is 3.92. The van der Waals surface area contributed by atoms with Crippen LogP contribution in [0.15, 0.2) is 24.3 Å². The summed E-state index contributed by atoms with van der Waals surface area (Å²) in [6.45, 7) is 0.594. The molecule has 0 aromatic heterocycles. The summed E-state index contributed by atoms with van der Waals surface area (Å²) in [5.74, 6) is 3.41. The van der Waals surface area contributed by atoms with Crippen LogP contribution in [0.4, 0.5) is 0 Å². The Kier molecular flexibility index (Phi) is 3.95. The average Bonchev–Trinajstić information content (AvgIpc) is 3.08. The van der Waals surface area contributed by atoms with Crippen LogP contribution in [-0.4, -0.2) is 13.0 Å². The molecule has 1 aromatic carbocycles. The first kappa shape index (κ1) is 13.5. The molecule has 2 aliphatic rings. The maximum absolute atomic E-state index is 12.1. The zero-order valence-corrected chi connectivity index (χ0v) is 12.1. The van der Waals surface area contributed by atoms with E-state index in [4.69, 9.17) is 4.74 Å². The predicted octanol–water partition coefficient (Wildman–Crippen LogP) is 3.14. The lowest BCUT2D eigenvalue weighted by Gasteiger charge is -2.20. The second kappa shape index (κ2) is 5.86. The normalized spacial score (nSPS) is 27.6. The Labute approximate surface area is 120 Å². The minimum Gasteiger partial charge on any atom is -0.497 e. The molecule has 1 N–H and O–H groups in total. The Hall–Kier alpha value is -1.51. The van der Waals surface area contributed by atoms with Crippen LogP contribution in [0.25, 0.3) is 0 Å². The van der Waals surface area contributed by atoms with E-state index in [1.807, 2.05) is 24.3 Å². The van der Waals surface area contributed by atoms with Crippen molar-refractivity contribution in [3.05, 3.63) is 29.8 Å². The van der Waals surface area contributed by atoms with E-state index in [2.05, 4.69) is 5.32 Å². The van der Waals surface area contributed by atoms with E-state index in [-0.39, 0.29) is 5.91 Å². The number of carbonyl (C=O) groups excluding carboxylic acids is 1. The van der Waals surface area contributed by atoms with E-state index in [1.54, 1.807) is 7.11 Å². The lowest BCUT2D eigenvalue weighted by Crippen LogP contribution is -2.26. The third-order valence-corrected chi connectivity index (χ3v) is 4.96. The summed E-state index contributed by atoms with van der Waals surface area (Å²) >= 11 is 0. The monoisotopic (exact) mass is 273 g/mol. The van der Waals surface area contributed by atoms with E-state index in [9.17, 15) is 4.79 Å². The van der Waals surface area contributed by atoms with Crippen LogP contribution in [0.3, 0.4) is 0 Å². The maximum Gasteiger partial charge on any atom is 0.220 e. The third-order valence-electron chi connectivity index (χ3n) is 4.96. The van der Waals surface area contributed by atoms with Gasteiger partial charge in [0.25, 0.3) is 0 Å². The van der Waals surface area contributed by atoms with Crippen LogP contribution < -0.4 is 10.1 Å². The summed E-state index contributed by atoms with van der Waals surface area (Å²) in [4.78, 5) is 12.1. The van der Waals surface area contributed by atoms with Gasteiger partial charge in [0.1, 0.15) is 5.75 Å². The van der Waals surface area contributed by atoms with Gasteiger partial charge >= 0.3 is 0 Å². The van der Waals surface area contributed by atoms with Gasteiger partial charge in [-0.3, -0.25) is 4.79 Å². The van der Waals surface area contributed by atoms with Crippen molar-refractivity contribution in [2.24, 2.45) is 17.8 Å². The summed E-state index contributed by atoms with van der Waals surface area (Å²) < 4.78 is 5.19. The molecule has 1 amide bonds. The number of nitrogens with one attached hydrogen (secondary N) is 1. The van der Waals surface area contributed by atoms with Gasteiger partial charge < -0.3 is 10.1 Å². The van der Waals surface area contributed by atoms with Gasteiger partial charge in [0.2, 0.25) is 5.91 Å². The molecule has 2 bridgehead atoms. The Morgan fingerprint density at radius 1 is 1.35 bits per heavy atom. The Bertz CT molecular complexity index is 486. The van der Waals surface area contributed by atoms with Crippen molar-refractivity contribution < 1.29 is 9.53 Å². The molecule has 2 aliphatic carbocycles. The zero-order chi connectivity index (χ0) is 13.9. The van der Waals surface area contributed by atoms with Crippen LogP contribution in [0, 0.1) is 17.8 Å². The summed E-state index contributed by atoms with van der Waals surface area (Å²) in [6, 6.07) is 7.86. The van der Waals surface area contributed by atoms with Gasteiger partial charge in [-0.2, -0.15) is 0 Å². The number of fused-ring (bicyclic) bond motifs is 2. The fraction of sp³-hybridized carbons (Fsp3) is 0.588. The van der Waals surface area contributed by atoms with Crippen LogP contribution >= 0.6 is 0 Å². The van der Waals surface area contributed by atoms with E-state index in [1.165, 1.54) is 25.7 Å². The molecule has 3 nitrogen and oxygen atoms in total. The third kappa shape index (κ3) is 2.97. The van der Waals surface area contributed by atoms with E-state index in [0.717, 1.165) is 23.1 Å². The molecular formula is C17H23NO2. The summed E-state index contributed by atoms with van der Waals surface area (Å²) in [7, 11) is 1.66. The van der Waals surface area contributed by atoms with E-state index in [0.29, 0.717) is 18.9 Å². The molecular weight excluding hydrogens is 250 g/mol. The molecule has 0 unspecified atom stereocenters. The Balaban J connectivity index is 1.47. The van der Waals surface area contributed by atoms with Crippen molar-refractivity contribution in [1.29, 1.82) is 0 Å². The first-order chi connectivity index (χ1) is 9.74. The minimum atomic E-state index is 0.199. The quantitative estimate of drug-likeness (QED) is 0.895. The topological polar surface area (TPSA) is 38.3 Å². The zero-order valence-electron chi connectivity index (χ0n) is 12.1. The number of carbonyl (C=O) groups is 1. The molecule has 0 aliphatic heterocycles. The number of rotatable bonds is 5. The summed E-state index contributed by atoms with van der Waals surface area (Å²) in [5, 5.41) is 3.04. The molecule has 3 rings (SSSR count). The van der Waals surface area contributed by atoms with Gasteiger partial charge in [0, 0.05) is 13.0 Å². The van der Waals surface area contributed by atoms with Crippen molar-refractivity contribution in [1.82, 2.24) is 5.32 Å². The lowest BCUT2D eigenvalue weighted by atomic mass is 9.86. The van der Waals surface area contributed by atoms with Gasteiger partial charge in [-0.15, -0.1) is 0 Å². The van der Waals surface area contributed by atoms with Crippen molar-refractivity contribution in [3.8, 4) is 5.75 Å². The number of ether oxygens (including phenoxy) is 1. The molecule has 20 heavy (non-hydrogen) atoms. The van der Waals surface area contributed by atoms with Crippen LogP contribution in [0.2, 0.25) is 0 Å². The first-order valence-corrected chi connectivity index (χ1v) is 7.64. The molecule has 0 radical (unpaired) electrons. The number of methoxy groups -OCH3 is 1. The highest BCUT2D eigenvalue weighted by Crippen LogP contribution is 2.49. The van der Waals surface area contributed by atoms with Crippen molar-refractivity contribution in [3.63, 3.8) is 0 Å². The largest absolute Gasteiger partial charge is 0.497 e. The van der Waals surface area contributed by atoms with Gasteiger partial charge in [-0.05, 0) is 54.7 Å². The standard InChI is InChI=1S/C17H23NO2/c1-20-16-4-2-3-13(9-16)11-18-17(19)10-15-8-12-5-6-14(15)7-12/h2-4,9,12,14-15H,5-8,10-11H2,1H3,(H,18,19)/t12-,14-,15+/m1/s1. The van der Waals surface area contributed by atoms with Gasteiger partial charge in [-0.1, -0.05) is 18.6 Å². The lowest BCUT2D eigenvalue weighted by molar-refractivity contribution is -0.122. The number of amides is 1. The number of hydrogen-bond acceptors (Lipinski definition) is 2. The highest BCUT2D eigenvalue weighted by molar-refractivity contribution is 5.76. The smallest absolute Gasteiger partial charge is 0.220 e. The first-order valence-electron chi connectivity index (χ1n) is 7.64. The van der Waals surface area contributed by atoms with Crippen LogP contribution in [0.5, 0.6) is 5.75 Å².